The normalized spacial score (nSPS) is 10.9. The first-order valence-corrected chi connectivity index (χ1v) is 5.32. The van der Waals surface area contributed by atoms with E-state index in [1.54, 1.807) is 0 Å². The van der Waals surface area contributed by atoms with Crippen LogP contribution in [0.2, 0.25) is 0 Å². The van der Waals surface area contributed by atoms with E-state index in [1.165, 1.54) is 11.1 Å². The molecule has 0 atom stereocenters. The molecular weight excluding hydrogens is 172 g/mol. The maximum absolute atomic E-state index is 5.54. The van der Waals surface area contributed by atoms with Gasteiger partial charge in [-0.2, -0.15) is 0 Å². The van der Waals surface area contributed by atoms with Crippen molar-refractivity contribution in [2.45, 2.75) is 27.2 Å². The summed E-state index contributed by atoms with van der Waals surface area (Å²) < 4.78 is 5.54. The lowest BCUT2D eigenvalue weighted by Crippen LogP contribution is -2.05. The molecule has 0 saturated carbocycles. The van der Waals surface area contributed by atoms with E-state index in [1.807, 2.05) is 0 Å². The minimum absolute atomic E-state index is 0.632. The maximum atomic E-state index is 5.54. The van der Waals surface area contributed by atoms with Crippen molar-refractivity contribution in [2.24, 2.45) is 5.92 Å². The molecule has 1 nitrogen and oxygen atoms in total. The van der Waals surface area contributed by atoms with Gasteiger partial charge in [-0.25, -0.2) is 0 Å². The Hall–Kier alpha value is -0.820. The Balaban J connectivity index is 2.25. The zero-order chi connectivity index (χ0) is 10.4. The highest BCUT2D eigenvalue weighted by molar-refractivity contribution is 5.22. The van der Waals surface area contributed by atoms with Gasteiger partial charge in [-0.05, 0) is 24.8 Å². The van der Waals surface area contributed by atoms with Crippen LogP contribution in [0, 0.1) is 12.8 Å². The minimum atomic E-state index is 0.632. The highest BCUT2D eigenvalue weighted by Gasteiger charge is 1.95. The molecule has 0 heterocycles. The number of hydrogen-bond donors (Lipinski definition) is 0. The van der Waals surface area contributed by atoms with E-state index in [2.05, 4.69) is 45.0 Å². The second kappa shape index (κ2) is 5.82. The fourth-order valence-corrected chi connectivity index (χ4v) is 1.38. The Bertz CT molecular complexity index is 266. The summed E-state index contributed by atoms with van der Waals surface area (Å²) in [5.41, 5.74) is 2.69. The molecule has 78 valence electrons. The summed E-state index contributed by atoms with van der Waals surface area (Å²) in [6, 6.07) is 8.61. The van der Waals surface area contributed by atoms with Crippen molar-refractivity contribution in [3.8, 4) is 0 Å². The van der Waals surface area contributed by atoms with Gasteiger partial charge in [-0.1, -0.05) is 43.7 Å². The summed E-state index contributed by atoms with van der Waals surface area (Å²) in [6.45, 7) is 8.17. The Kier molecular flexibility index (Phi) is 4.68. The molecule has 0 N–H and O–H groups in total. The van der Waals surface area contributed by atoms with Crippen LogP contribution in [0.3, 0.4) is 0 Å². The van der Waals surface area contributed by atoms with Crippen molar-refractivity contribution in [2.75, 3.05) is 13.2 Å². The number of benzene rings is 1. The molecule has 0 bridgehead atoms. The van der Waals surface area contributed by atoms with Crippen LogP contribution in [0.25, 0.3) is 0 Å². The second-order valence-electron chi connectivity index (χ2n) is 4.21. The van der Waals surface area contributed by atoms with Gasteiger partial charge in [-0.15, -0.1) is 0 Å². The Labute approximate surface area is 87.1 Å². The van der Waals surface area contributed by atoms with Gasteiger partial charge in [0.2, 0.25) is 0 Å². The number of rotatable bonds is 5. The van der Waals surface area contributed by atoms with E-state index in [4.69, 9.17) is 4.74 Å². The lowest BCUT2D eigenvalue weighted by molar-refractivity contribution is 0.112. The topological polar surface area (TPSA) is 9.23 Å². The van der Waals surface area contributed by atoms with E-state index in [0.717, 1.165) is 19.6 Å². The Morgan fingerprint density at radius 3 is 2.71 bits per heavy atom. The molecule has 1 heteroatoms. The van der Waals surface area contributed by atoms with Crippen LogP contribution >= 0.6 is 0 Å². The predicted molar refractivity (Wildman–Crippen MR) is 60.5 cm³/mol. The zero-order valence-corrected chi connectivity index (χ0v) is 9.42. The summed E-state index contributed by atoms with van der Waals surface area (Å²) in [5, 5.41) is 0. The summed E-state index contributed by atoms with van der Waals surface area (Å²) in [7, 11) is 0. The summed E-state index contributed by atoms with van der Waals surface area (Å²) in [4.78, 5) is 0. The second-order valence-corrected chi connectivity index (χ2v) is 4.21. The van der Waals surface area contributed by atoms with E-state index >= 15 is 0 Å². The van der Waals surface area contributed by atoms with Gasteiger partial charge >= 0.3 is 0 Å². The van der Waals surface area contributed by atoms with E-state index < -0.39 is 0 Å². The van der Waals surface area contributed by atoms with Crippen LogP contribution in [0.4, 0.5) is 0 Å². The minimum Gasteiger partial charge on any atom is -0.381 e. The van der Waals surface area contributed by atoms with Gasteiger partial charge in [0.05, 0.1) is 6.61 Å². The Morgan fingerprint density at radius 2 is 2.07 bits per heavy atom. The summed E-state index contributed by atoms with van der Waals surface area (Å²) >= 11 is 0. The SMILES string of the molecule is Cc1cccc(CCOCC(C)C)c1. The number of aryl methyl sites for hydroxylation is 1. The molecule has 0 aliphatic carbocycles. The van der Waals surface area contributed by atoms with Gasteiger partial charge in [0.25, 0.3) is 0 Å². The van der Waals surface area contributed by atoms with Crippen LogP contribution in [-0.4, -0.2) is 13.2 Å². The molecule has 0 amide bonds. The van der Waals surface area contributed by atoms with Crippen LogP contribution in [0.5, 0.6) is 0 Å². The molecule has 0 aromatic heterocycles. The average molecular weight is 192 g/mol. The van der Waals surface area contributed by atoms with Gasteiger partial charge in [-0.3, -0.25) is 0 Å². The fourth-order valence-electron chi connectivity index (χ4n) is 1.38. The first-order chi connectivity index (χ1) is 6.68. The standard InChI is InChI=1S/C13H20O/c1-11(2)10-14-8-7-13-6-4-5-12(3)9-13/h4-6,9,11H,7-8,10H2,1-3H3. The predicted octanol–water partition coefficient (Wildman–Crippen LogP) is 3.21. The molecule has 0 fully saturated rings. The number of hydrogen-bond acceptors (Lipinski definition) is 1. The van der Waals surface area contributed by atoms with Crippen LogP contribution in [-0.2, 0) is 11.2 Å². The first-order valence-electron chi connectivity index (χ1n) is 5.32. The largest absolute Gasteiger partial charge is 0.381 e. The molecule has 0 radical (unpaired) electrons. The monoisotopic (exact) mass is 192 g/mol. The third-order valence-electron chi connectivity index (χ3n) is 2.07. The average Bonchev–Trinajstić information content (AvgIpc) is 2.12. The van der Waals surface area contributed by atoms with Crippen molar-refractivity contribution >= 4 is 0 Å². The van der Waals surface area contributed by atoms with Gasteiger partial charge in [0.1, 0.15) is 0 Å². The van der Waals surface area contributed by atoms with E-state index in [9.17, 15) is 0 Å². The lowest BCUT2D eigenvalue weighted by atomic mass is 10.1. The number of ether oxygens (including phenoxy) is 1. The van der Waals surface area contributed by atoms with Gasteiger partial charge in [0.15, 0.2) is 0 Å². The highest BCUT2D eigenvalue weighted by atomic mass is 16.5. The molecule has 14 heavy (non-hydrogen) atoms. The summed E-state index contributed by atoms with van der Waals surface area (Å²) in [5.74, 6) is 0.632. The quantitative estimate of drug-likeness (QED) is 0.651. The van der Waals surface area contributed by atoms with Crippen molar-refractivity contribution in [3.05, 3.63) is 35.4 Å². The molecule has 1 aromatic carbocycles. The zero-order valence-electron chi connectivity index (χ0n) is 9.42. The van der Waals surface area contributed by atoms with E-state index in [-0.39, 0.29) is 0 Å². The third kappa shape index (κ3) is 4.43. The van der Waals surface area contributed by atoms with Gasteiger partial charge in [0, 0.05) is 6.61 Å². The summed E-state index contributed by atoms with van der Waals surface area (Å²) in [6.07, 6.45) is 1.02. The molecule has 0 aliphatic heterocycles. The van der Waals surface area contributed by atoms with Crippen molar-refractivity contribution in [1.82, 2.24) is 0 Å². The molecule has 1 aromatic rings. The first kappa shape index (κ1) is 11.3. The van der Waals surface area contributed by atoms with Crippen LogP contribution in [0.1, 0.15) is 25.0 Å². The smallest absolute Gasteiger partial charge is 0.0506 e. The van der Waals surface area contributed by atoms with Crippen molar-refractivity contribution < 1.29 is 4.74 Å². The molecular formula is C13H20O. The molecule has 0 aliphatic rings. The fraction of sp³-hybridized carbons (Fsp3) is 0.538. The highest BCUT2D eigenvalue weighted by Crippen LogP contribution is 2.05. The molecule has 0 spiro atoms. The molecule has 0 saturated heterocycles. The van der Waals surface area contributed by atoms with Gasteiger partial charge < -0.3 is 4.74 Å². The maximum Gasteiger partial charge on any atom is 0.0506 e. The molecule has 1 rings (SSSR count). The van der Waals surface area contributed by atoms with Crippen LogP contribution in [0.15, 0.2) is 24.3 Å². The lowest BCUT2D eigenvalue weighted by Gasteiger charge is -2.06. The van der Waals surface area contributed by atoms with Crippen LogP contribution < -0.4 is 0 Å². The van der Waals surface area contributed by atoms with E-state index in [0.29, 0.717) is 5.92 Å². The van der Waals surface area contributed by atoms with Crippen molar-refractivity contribution in [1.29, 1.82) is 0 Å². The Morgan fingerprint density at radius 1 is 1.29 bits per heavy atom. The third-order valence-corrected chi connectivity index (χ3v) is 2.07. The van der Waals surface area contributed by atoms with Crippen molar-refractivity contribution in [3.63, 3.8) is 0 Å². The molecule has 0 unspecified atom stereocenters.